The van der Waals surface area contributed by atoms with Crippen molar-refractivity contribution in [2.75, 3.05) is 10.6 Å². The van der Waals surface area contributed by atoms with Gasteiger partial charge in [0.25, 0.3) is 5.91 Å². The Hall–Kier alpha value is -3.38. The number of para-hydroxylation sites is 1. The lowest BCUT2D eigenvalue weighted by atomic mass is 9.73. The number of carbonyl (C=O) groups excluding carboxylic acids is 2. The van der Waals surface area contributed by atoms with E-state index in [1.54, 1.807) is 10.9 Å². The summed E-state index contributed by atoms with van der Waals surface area (Å²) in [6.45, 7) is 4.16. The van der Waals surface area contributed by atoms with Gasteiger partial charge in [-0.1, -0.05) is 61.8 Å². The number of aromatic nitrogens is 2. The van der Waals surface area contributed by atoms with Gasteiger partial charge in [0.2, 0.25) is 0 Å². The van der Waals surface area contributed by atoms with Gasteiger partial charge in [0.1, 0.15) is 17.4 Å². The summed E-state index contributed by atoms with van der Waals surface area (Å²) in [5.74, 6) is 0.367. The van der Waals surface area contributed by atoms with E-state index < -0.39 is 6.04 Å². The summed E-state index contributed by atoms with van der Waals surface area (Å²) in [6.07, 6.45) is 2.69. The highest BCUT2D eigenvalue weighted by atomic mass is 35.5. The number of ketones is 1. The number of nitrogens with zero attached hydrogens (tertiary/aromatic N) is 2. The largest absolute Gasteiger partial charge is 0.343 e. The maximum absolute atomic E-state index is 13.3. The van der Waals surface area contributed by atoms with E-state index in [2.05, 4.69) is 29.6 Å². The fraction of sp³-hybridized carbons (Fsp3) is 0.240. The summed E-state index contributed by atoms with van der Waals surface area (Å²) in [7, 11) is 0. The standard InChI is InChI=1S/C25H23ClN4O2/c1-25(2)12-19-21(20(31)13-25)22(16-10-6-7-11-18(16)26)30-23(29-19)17(14-27-30)24(32)28-15-8-4-3-5-9-15/h3-11,14,22,29H,12-13H2,1-2H3,(H,28,32)/t22-/m1/s1. The second-order valence-electron chi connectivity index (χ2n) is 9.05. The van der Waals surface area contributed by atoms with Crippen LogP contribution in [0.4, 0.5) is 11.5 Å². The monoisotopic (exact) mass is 446 g/mol. The summed E-state index contributed by atoms with van der Waals surface area (Å²) < 4.78 is 1.70. The maximum atomic E-state index is 13.3. The average Bonchev–Trinajstić information content (AvgIpc) is 3.16. The van der Waals surface area contributed by atoms with Crippen molar-refractivity contribution in [2.45, 2.75) is 32.7 Å². The first-order chi connectivity index (χ1) is 15.3. The lowest BCUT2D eigenvalue weighted by Crippen LogP contribution is -2.37. The van der Waals surface area contributed by atoms with Gasteiger partial charge >= 0.3 is 0 Å². The number of hydrogen-bond donors (Lipinski definition) is 2. The number of fused-ring (bicyclic) bond motifs is 1. The molecule has 5 rings (SSSR count). The topological polar surface area (TPSA) is 76.0 Å². The molecule has 2 aliphatic rings. The third-order valence-electron chi connectivity index (χ3n) is 5.98. The zero-order valence-corrected chi connectivity index (χ0v) is 18.6. The van der Waals surface area contributed by atoms with Crippen LogP contribution in [0.25, 0.3) is 0 Å². The van der Waals surface area contributed by atoms with Crippen LogP contribution in [-0.2, 0) is 4.79 Å². The molecule has 2 aromatic carbocycles. The molecule has 0 unspecified atom stereocenters. The van der Waals surface area contributed by atoms with Gasteiger partial charge in [0, 0.05) is 28.4 Å². The van der Waals surface area contributed by atoms with E-state index in [0.29, 0.717) is 40.5 Å². The summed E-state index contributed by atoms with van der Waals surface area (Å²) in [5, 5.41) is 11.4. The first-order valence-corrected chi connectivity index (χ1v) is 10.9. The number of Topliss-reactive ketones (excluding diaryl/α,β-unsaturated/α-hetero) is 1. The molecule has 0 radical (unpaired) electrons. The predicted octanol–water partition coefficient (Wildman–Crippen LogP) is 5.45. The molecule has 0 saturated carbocycles. The van der Waals surface area contributed by atoms with Crippen molar-refractivity contribution in [1.29, 1.82) is 0 Å². The molecule has 6 nitrogen and oxygen atoms in total. The lowest BCUT2D eigenvalue weighted by Gasteiger charge is -2.39. The Morgan fingerprint density at radius 1 is 1.12 bits per heavy atom. The second kappa shape index (κ2) is 7.64. The van der Waals surface area contributed by atoms with E-state index in [0.717, 1.165) is 11.3 Å². The van der Waals surface area contributed by atoms with E-state index in [4.69, 9.17) is 11.6 Å². The Kier molecular flexibility index (Phi) is 4.90. The zero-order valence-electron chi connectivity index (χ0n) is 17.9. The SMILES string of the molecule is CC1(C)CC(=O)C2=C(C1)Nc1c(C(=O)Nc3ccccc3)cnn1[C@@H]2c1ccccc1Cl. The minimum absolute atomic E-state index is 0.0742. The first kappa shape index (κ1) is 20.5. The molecule has 2 heterocycles. The molecule has 162 valence electrons. The minimum Gasteiger partial charge on any atom is -0.343 e. The van der Waals surface area contributed by atoms with Crippen molar-refractivity contribution in [3.05, 3.63) is 88.2 Å². The highest BCUT2D eigenvalue weighted by Gasteiger charge is 2.42. The van der Waals surface area contributed by atoms with Crippen molar-refractivity contribution in [2.24, 2.45) is 5.41 Å². The predicted molar refractivity (Wildman–Crippen MR) is 125 cm³/mol. The Morgan fingerprint density at radius 2 is 1.84 bits per heavy atom. The van der Waals surface area contributed by atoms with Crippen LogP contribution in [0.3, 0.4) is 0 Å². The van der Waals surface area contributed by atoms with Gasteiger partial charge in [-0.05, 0) is 35.6 Å². The fourth-order valence-electron chi connectivity index (χ4n) is 4.58. The van der Waals surface area contributed by atoms with Gasteiger partial charge in [0.15, 0.2) is 5.78 Å². The van der Waals surface area contributed by atoms with Crippen LogP contribution in [0.15, 0.2) is 72.1 Å². The molecule has 1 aromatic heterocycles. The highest BCUT2D eigenvalue weighted by Crippen LogP contribution is 2.47. The van der Waals surface area contributed by atoms with Crippen LogP contribution in [0.1, 0.15) is 48.7 Å². The quantitative estimate of drug-likeness (QED) is 0.561. The number of rotatable bonds is 3. The van der Waals surface area contributed by atoms with E-state index in [1.807, 2.05) is 54.6 Å². The number of amides is 1. The lowest BCUT2D eigenvalue weighted by molar-refractivity contribution is -0.118. The number of allylic oxidation sites excluding steroid dienone is 2. The van der Waals surface area contributed by atoms with Crippen molar-refractivity contribution >= 4 is 34.8 Å². The smallest absolute Gasteiger partial charge is 0.261 e. The molecule has 0 saturated heterocycles. The van der Waals surface area contributed by atoms with Crippen LogP contribution < -0.4 is 10.6 Å². The molecule has 3 aromatic rings. The van der Waals surface area contributed by atoms with Gasteiger partial charge < -0.3 is 10.6 Å². The van der Waals surface area contributed by atoms with Gasteiger partial charge in [-0.2, -0.15) is 5.10 Å². The van der Waals surface area contributed by atoms with Crippen LogP contribution in [0.5, 0.6) is 0 Å². The fourth-order valence-corrected chi connectivity index (χ4v) is 4.82. The molecule has 1 atom stereocenters. The molecule has 0 fully saturated rings. The van der Waals surface area contributed by atoms with E-state index in [1.165, 1.54) is 0 Å². The van der Waals surface area contributed by atoms with Crippen molar-refractivity contribution < 1.29 is 9.59 Å². The average molecular weight is 447 g/mol. The zero-order chi connectivity index (χ0) is 22.5. The molecule has 32 heavy (non-hydrogen) atoms. The van der Waals surface area contributed by atoms with E-state index in [-0.39, 0.29) is 17.1 Å². The Labute approximate surface area is 191 Å². The normalized spacial score (nSPS) is 19.1. The Bertz CT molecular complexity index is 1260. The van der Waals surface area contributed by atoms with E-state index >= 15 is 0 Å². The van der Waals surface area contributed by atoms with Gasteiger partial charge in [0.05, 0.1) is 6.20 Å². The Morgan fingerprint density at radius 3 is 2.59 bits per heavy atom. The van der Waals surface area contributed by atoms with Crippen LogP contribution in [0.2, 0.25) is 5.02 Å². The number of nitrogens with one attached hydrogen (secondary N) is 2. The van der Waals surface area contributed by atoms with Crippen LogP contribution >= 0.6 is 11.6 Å². The molecule has 7 heteroatoms. The second-order valence-corrected chi connectivity index (χ2v) is 9.46. The highest BCUT2D eigenvalue weighted by molar-refractivity contribution is 6.31. The van der Waals surface area contributed by atoms with Crippen LogP contribution in [-0.4, -0.2) is 21.5 Å². The van der Waals surface area contributed by atoms with Crippen molar-refractivity contribution in [3.63, 3.8) is 0 Å². The number of halogens is 1. The van der Waals surface area contributed by atoms with E-state index in [9.17, 15) is 9.59 Å². The summed E-state index contributed by atoms with van der Waals surface area (Å²) >= 11 is 6.56. The number of hydrogen-bond acceptors (Lipinski definition) is 4. The molecule has 1 amide bonds. The molecule has 2 N–H and O–H groups in total. The molecule has 1 aliphatic carbocycles. The molecule has 0 spiro atoms. The summed E-state index contributed by atoms with van der Waals surface area (Å²) in [4.78, 5) is 26.4. The summed E-state index contributed by atoms with van der Waals surface area (Å²) in [6, 6.07) is 16.3. The number of carbonyl (C=O) groups is 2. The third-order valence-corrected chi connectivity index (χ3v) is 6.32. The minimum atomic E-state index is -0.489. The van der Waals surface area contributed by atoms with Gasteiger partial charge in [-0.15, -0.1) is 0 Å². The molecule has 1 aliphatic heterocycles. The van der Waals surface area contributed by atoms with Crippen molar-refractivity contribution in [3.8, 4) is 0 Å². The Balaban J connectivity index is 1.63. The number of anilines is 2. The molecular formula is C25H23ClN4O2. The molecular weight excluding hydrogens is 424 g/mol. The molecule has 0 bridgehead atoms. The third kappa shape index (κ3) is 3.50. The summed E-state index contributed by atoms with van der Waals surface area (Å²) in [5.41, 5.74) is 3.22. The maximum Gasteiger partial charge on any atom is 0.261 e. The first-order valence-electron chi connectivity index (χ1n) is 10.6. The number of benzene rings is 2. The van der Waals surface area contributed by atoms with Gasteiger partial charge in [-0.25, -0.2) is 4.68 Å². The van der Waals surface area contributed by atoms with Crippen molar-refractivity contribution in [1.82, 2.24) is 9.78 Å². The van der Waals surface area contributed by atoms with Gasteiger partial charge in [-0.3, -0.25) is 9.59 Å². The van der Waals surface area contributed by atoms with Crippen LogP contribution in [0, 0.1) is 5.41 Å².